The molecule has 1 aliphatic heterocycles. The molecule has 34 nitrogen and oxygen atoms in total. The van der Waals surface area contributed by atoms with Crippen LogP contribution in [-0.4, -0.2) is 239 Å². The van der Waals surface area contributed by atoms with Crippen LogP contribution in [0.3, 0.4) is 0 Å². The normalized spacial score (nSPS) is 19.4. The highest BCUT2D eigenvalue weighted by Gasteiger charge is 2.47. The quantitative estimate of drug-likeness (QED) is 0.0173. The number of phenolic OH excluding ortho intramolecular Hbond substituents is 1. The van der Waals surface area contributed by atoms with Crippen molar-refractivity contribution in [3.05, 3.63) is 71.6 Å². The van der Waals surface area contributed by atoms with Gasteiger partial charge in [-0.15, -0.1) is 0 Å². The maximum absolute atomic E-state index is 14.3. The standard InChI is InChI=1S/C64H100N12O22/c1-9-12-13-14-15-16-17-18-19-20-40(81)29-48(83)69-41(10-2)58(90)74-51(35(5)79)61(93)75-50(34(4)78)60(92)72-44(27-37-21-23-39(80)24-22-37)59(91)70-42(11-3)57(89)71-43(25-26-47(65)82)56(88)67-31-49(84)76(7)52(36(6)97-64-55(87)54(86)53(85)46(32-77)98-64)62(94)73-45(63(95)96-8)28-38-30-66-33-68-38/h10-11,21-24,30,33-36,40,43-46,50-55,64,77-81,85-87H,9,12-20,25-29,31-32H2,1-8H3,(H2,65,82)(H,66,68)(H,67,88)(H,69,83)(H,70,91)(H,71,89)(H,72,92)(H,73,94)(H,74,90)(H,75,93)/b41-10+,42-11+/t34-,35-,36-,40+,43+,44+,45-,46+,50+,51-,52-,53+,54-,55+,64-/m0/s1. The Labute approximate surface area is 568 Å². The number of aromatic amines is 1. The van der Waals surface area contributed by atoms with Gasteiger partial charge in [-0.1, -0.05) is 89.0 Å². The lowest BCUT2D eigenvalue weighted by atomic mass is 9.99. The van der Waals surface area contributed by atoms with Crippen molar-refractivity contribution >= 4 is 65.0 Å². The van der Waals surface area contributed by atoms with E-state index in [1.807, 2.05) is 0 Å². The lowest BCUT2D eigenvalue weighted by Crippen LogP contribution is -2.62. The van der Waals surface area contributed by atoms with Crippen molar-refractivity contribution in [1.29, 1.82) is 0 Å². The number of esters is 1. The summed E-state index contributed by atoms with van der Waals surface area (Å²) in [6.07, 6.45) is -1.98. The molecular weight excluding hydrogens is 1290 g/mol. The van der Waals surface area contributed by atoms with Crippen molar-refractivity contribution in [2.24, 2.45) is 5.73 Å². The average Bonchev–Trinajstić information content (AvgIpc) is 0.959. The number of H-pyrrole nitrogens is 1. The predicted octanol–water partition coefficient (Wildman–Crippen LogP) is -3.62. The molecule has 15 atom stereocenters. The van der Waals surface area contributed by atoms with E-state index in [1.165, 1.54) is 82.9 Å². The van der Waals surface area contributed by atoms with Gasteiger partial charge in [0.2, 0.25) is 47.3 Å². The summed E-state index contributed by atoms with van der Waals surface area (Å²) >= 11 is 0. The van der Waals surface area contributed by atoms with Crippen LogP contribution in [0.25, 0.3) is 0 Å². The number of nitrogens with one attached hydrogen (secondary N) is 9. The lowest BCUT2D eigenvalue weighted by molar-refractivity contribution is -0.312. The first-order chi connectivity index (χ1) is 46.4. The summed E-state index contributed by atoms with van der Waals surface area (Å²) in [6, 6.07) is -5.05. The topological polar surface area (TPSA) is 531 Å². The second-order valence-electron chi connectivity index (χ2n) is 23.9. The Bertz CT molecular complexity index is 2980. The van der Waals surface area contributed by atoms with Crippen molar-refractivity contribution in [1.82, 2.24) is 57.4 Å². The Morgan fingerprint density at radius 2 is 1.27 bits per heavy atom. The molecule has 0 spiro atoms. The fourth-order valence-corrected chi connectivity index (χ4v) is 10.3. The Hall–Kier alpha value is -8.48. The van der Waals surface area contributed by atoms with Gasteiger partial charge in [0.05, 0.1) is 57.4 Å². The summed E-state index contributed by atoms with van der Waals surface area (Å²) < 4.78 is 16.2. The number of carbonyl (C=O) groups is 11. The van der Waals surface area contributed by atoms with Crippen LogP contribution in [-0.2, 0) is 79.8 Å². The lowest BCUT2D eigenvalue weighted by Gasteiger charge is -2.42. The van der Waals surface area contributed by atoms with Crippen LogP contribution in [0.5, 0.6) is 5.75 Å². The van der Waals surface area contributed by atoms with Crippen molar-refractivity contribution in [2.75, 3.05) is 27.3 Å². The number of hydrogen-bond donors (Lipinski definition) is 18. The van der Waals surface area contributed by atoms with Gasteiger partial charge in [0, 0.05) is 38.2 Å². The van der Waals surface area contributed by atoms with Crippen molar-refractivity contribution in [3.63, 3.8) is 0 Å². The van der Waals surface area contributed by atoms with Crippen LogP contribution >= 0.6 is 0 Å². The summed E-state index contributed by atoms with van der Waals surface area (Å²) in [7, 11) is 2.14. The maximum Gasteiger partial charge on any atom is 0.328 e. The number of aliphatic hydroxyl groups excluding tert-OH is 7. The third-order valence-electron chi connectivity index (χ3n) is 16.0. The van der Waals surface area contributed by atoms with Crippen LogP contribution in [0.1, 0.15) is 136 Å². The molecule has 10 amide bonds. The summed E-state index contributed by atoms with van der Waals surface area (Å²) in [6.45, 7) is 6.53. The summed E-state index contributed by atoms with van der Waals surface area (Å²) in [5, 5.41) is 102. The van der Waals surface area contributed by atoms with E-state index in [4.69, 9.17) is 19.9 Å². The van der Waals surface area contributed by atoms with Crippen LogP contribution in [0.15, 0.2) is 60.3 Å². The zero-order chi connectivity index (χ0) is 73.3. The number of phenols is 1. The van der Waals surface area contributed by atoms with E-state index < -0.39 is 188 Å². The number of ether oxygens (including phenoxy) is 3. The number of nitrogens with two attached hydrogens (primary N) is 1. The van der Waals surface area contributed by atoms with Gasteiger partial charge in [-0.25, -0.2) is 9.78 Å². The Balaban J connectivity index is 1.81. The number of carbonyl (C=O) groups excluding carboxylic acids is 11. The van der Waals surface area contributed by atoms with Gasteiger partial charge >= 0.3 is 5.97 Å². The molecular formula is C64H100N12O22. The molecule has 0 unspecified atom stereocenters. The minimum Gasteiger partial charge on any atom is -0.508 e. The third kappa shape index (κ3) is 27.8. The smallest absolute Gasteiger partial charge is 0.328 e. The van der Waals surface area contributed by atoms with Crippen molar-refractivity contribution < 1.29 is 108 Å². The number of unbranched alkanes of at least 4 members (excludes halogenated alkanes) is 8. The van der Waals surface area contributed by atoms with E-state index in [0.29, 0.717) is 24.1 Å². The molecule has 1 saturated heterocycles. The monoisotopic (exact) mass is 1390 g/mol. The first kappa shape index (κ1) is 83.7. The second-order valence-corrected chi connectivity index (χ2v) is 23.9. The van der Waals surface area contributed by atoms with Crippen molar-refractivity contribution in [3.8, 4) is 5.75 Å². The molecule has 548 valence electrons. The zero-order valence-corrected chi connectivity index (χ0v) is 56.6. The van der Waals surface area contributed by atoms with E-state index in [1.54, 1.807) is 0 Å². The van der Waals surface area contributed by atoms with E-state index in [0.717, 1.165) is 71.1 Å². The van der Waals surface area contributed by atoms with Crippen molar-refractivity contribution in [2.45, 2.75) is 229 Å². The number of primary amides is 1. The first-order valence-corrected chi connectivity index (χ1v) is 32.5. The molecule has 0 bridgehead atoms. The number of aromatic hydroxyl groups is 1. The van der Waals surface area contributed by atoms with E-state index in [2.05, 4.69) is 59.4 Å². The third-order valence-corrected chi connectivity index (χ3v) is 16.0. The summed E-state index contributed by atoms with van der Waals surface area (Å²) in [5.41, 5.74) is 5.19. The molecule has 98 heavy (non-hydrogen) atoms. The van der Waals surface area contributed by atoms with E-state index in [9.17, 15) is 93.6 Å². The van der Waals surface area contributed by atoms with E-state index >= 15 is 0 Å². The zero-order valence-electron chi connectivity index (χ0n) is 56.6. The number of aromatic nitrogens is 2. The minimum absolute atomic E-state index is 0.175. The largest absolute Gasteiger partial charge is 0.508 e. The molecule has 1 aliphatic rings. The molecule has 3 rings (SSSR count). The number of benzene rings is 1. The SMILES string of the molecule is C/C=C(/NC(=O)C[C@H](O)CCCCCCCCCCC)C(=O)N[C@H](C(=O)N[C@@H](C(=O)N[C@H](Cc1ccc(O)cc1)C(=O)N/C(=C/C)C(=O)N[C@H](CCC(N)=O)C(=O)NCC(=O)N(C)[C@H](C(=O)N[C@@H](Cc1cnc[nH]1)C(=O)OC)[C@H](C)O[C@H]1O[C@H](CO)[C@@H](O)[C@H](O)[C@H]1O)[C@H](C)O)[C@H](C)O. The number of amides is 10. The summed E-state index contributed by atoms with van der Waals surface area (Å²) in [5.74, 6) is -11.8. The van der Waals surface area contributed by atoms with Gasteiger partial charge in [-0.2, -0.15) is 0 Å². The second kappa shape index (κ2) is 43.0. The molecule has 2 heterocycles. The van der Waals surface area contributed by atoms with Crippen LogP contribution < -0.4 is 48.3 Å². The fraction of sp³-hybridized carbons (Fsp3) is 0.625. The van der Waals surface area contributed by atoms with Gasteiger partial charge in [-0.3, -0.25) is 47.9 Å². The molecule has 0 aliphatic carbocycles. The van der Waals surface area contributed by atoms with Crippen LogP contribution in [0.4, 0.5) is 0 Å². The Morgan fingerprint density at radius 3 is 1.83 bits per heavy atom. The highest BCUT2D eigenvalue weighted by atomic mass is 16.7. The number of imidazole rings is 1. The van der Waals surface area contributed by atoms with Gasteiger partial charge < -0.3 is 113 Å². The van der Waals surface area contributed by atoms with E-state index in [-0.39, 0.29) is 30.7 Å². The molecule has 1 fully saturated rings. The maximum atomic E-state index is 14.3. The molecule has 2 aromatic rings. The van der Waals surface area contributed by atoms with Crippen LogP contribution in [0.2, 0.25) is 0 Å². The van der Waals surface area contributed by atoms with Gasteiger partial charge in [0.25, 0.3) is 11.8 Å². The Kier molecular flexibility index (Phi) is 36.8. The molecule has 0 saturated carbocycles. The highest BCUT2D eigenvalue weighted by molar-refractivity contribution is 6.03. The number of nitrogens with zero attached hydrogens (tertiary/aromatic N) is 2. The van der Waals surface area contributed by atoms with Gasteiger partial charge in [0.15, 0.2) is 6.29 Å². The van der Waals surface area contributed by atoms with Gasteiger partial charge in [0.1, 0.15) is 77.8 Å². The fourth-order valence-electron chi connectivity index (χ4n) is 10.3. The number of hydrogen-bond acceptors (Lipinski definition) is 23. The highest BCUT2D eigenvalue weighted by Crippen LogP contribution is 2.25. The first-order valence-electron chi connectivity index (χ1n) is 32.5. The molecule has 1 aromatic heterocycles. The average molecular weight is 1390 g/mol. The molecule has 1 aromatic carbocycles. The number of rotatable bonds is 43. The number of aliphatic hydroxyl groups is 7. The molecule has 0 radical (unpaired) electrons. The minimum atomic E-state index is -1.97. The predicted molar refractivity (Wildman–Crippen MR) is 348 cm³/mol. The number of methoxy groups -OCH3 is 1. The Morgan fingerprint density at radius 1 is 0.694 bits per heavy atom. The van der Waals surface area contributed by atoms with Gasteiger partial charge in [-0.05, 0) is 65.2 Å². The number of likely N-dealkylation sites (N-methyl/N-ethyl adjacent to an activating group) is 1. The molecule has 34 heteroatoms. The van der Waals surface area contributed by atoms with Crippen LogP contribution in [0, 0.1) is 0 Å². The molecule has 19 N–H and O–H groups in total. The number of allylic oxidation sites excluding steroid dienone is 2. The summed E-state index contributed by atoms with van der Waals surface area (Å²) in [4.78, 5) is 158.